The van der Waals surface area contributed by atoms with Crippen molar-refractivity contribution in [2.24, 2.45) is 0 Å². The Morgan fingerprint density at radius 2 is 1.64 bits per heavy atom. The first-order valence-corrected chi connectivity index (χ1v) is 9.13. The van der Waals surface area contributed by atoms with E-state index in [1.807, 2.05) is 6.92 Å². The number of hydrogen-bond donors (Lipinski definition) is 3. The zero-order valence-corrected chi connectivity index (χ0v) is 15.0. The molecule has 4 N–H and O–H groups in total. The van der Waals surface area contributed by atoms with E-state index in [0.29, 0.717) is 27.7 Å². The van der Waals surface area contributed by atoms with Crippen molar-refractivity contribution in [2.45, 2.75) is 30.6 Å². The van der Waals surface area contributed by atoms with Gasteiger partial charge in [-0.15, -0.1) is 5.10 Å². The first-order valence-electron chi connectivity index (χ1n) is 7.65. The Balaban J connectivity index is 2.01. The lowest BCUT2D eigenvalue weighted by atomic mass is 10.1. The van der Waals surface area contributed by atoms with Crippen LogP contribution < -0.4 is 11.1 Å². The quantitative estimate of drug-likeness (QED) is 0.661. The summed E-state index contributed by atoms with van der Waals surface area (Å²) in [6.07, 6.45) is 0. The van der Waals surface area contributed by atoms with Gasteiger partial charge in [-0.25, -0.2) is 13.5 Å². The summed E-state index contributed by atoms with van der Waals surface area (Å²) in [6.45, 7) is 5.46. The van der Waals surface area contributed by atoms with Crippen LogP contribution in [0.2, 0.25) is 0 Å². The van der Waals surface area contributed by atoms with Crippen molar-refractivity contribution < 1.29 is 8.42 Å². The Kier molecular flexibility index (Phi) is 4.22. The van der Waals surface area contributed by atoms with Gasteiger partial charge in [-0.3, -0.25) is 0 Å². The molecule has 130 valence electrons. The summed E-state index contributed by atoms with van der Waals surface area (Å²) >= 11 is 0. The Labute approximate surface area is 146 Å². The molecule has 8 heteroatoms. The number of H-pyrrole nitrogens is 1. The number of rotatable bonds is 4. The lowest BCUT2D eigenvalue weighted by Gasteiger charge is -2.14. The number of aromatic amines is 1. The highest BCUT2D eigenvalue weighted by Gasteiger charge is 2.22. The van der Waals surface area contributed by atoms with Crippen LogP contribution in [0.3, 0.4) is 0 Å². The van der Waals surface area contributed by atoms with E-state index in [2.05, 4.69) is 20.5 Å². The second kappa shape index (κ2) is 6.21. The zero-order valence-electron chi connectivity index (χ0n) is 14.2. The normalized spacial score (nSPS) is 11.5. The summed E-state index contributed by atoms with van der Waals surface area (Å²) in [5.74, 6) is 0.528. The fourth-order valence-corrected chi connectivity index (χ4v) is 4.44. The lowest BCUT2D eigenvalue weighted by molar-refractivity contribution is 0.595. The first kappa shape index (κ1) is 17.0. The molecule has 1 aromatic heterocycles. The highest BCUT2D eigenvalue weighted by molar-refractivity contribution is 7.91. The predicted molar refractivity (Wildman–Crippen MR) is 96.6 cm³/mol. The van der Waals surface area contributed by atoms with Gasteiger partial charge in [-0.1, -0.05) is 17.7 Å². The molecule has 0 aliphatic heterocycles. The van der Waals surface area contributed by atoms with Crippen molar-refractivity contribution in [3.8, 4) is 0 Å². The molecule has 0 amide bonds. The van der Waals surface area contributed by atoms with Crippen LogP contribution in [0, 0.1) is 20.8 Å². The van der Waals surface area contributed by atoms with Crippen LogP contribution in [0.15, 0.2) is 46.2 Å². The third-order valence-electron chi connectivity index (χ3n) is 3.82. The standard InChI is InChI=1S/C17H19N5O2S/c1-10-4-6-14(7-5-10)25(23,24)15-11(2)8-13(9-12(15)3)19-17-20-16(18)21-22-17/h4-9H,1-3H3,(H4,18,19,20,21,22). The topological polar surface area (TPSA) is 114 Å². The molecule has 3 aromatic rings. The summed E-state index contributed by atoms with van der Waals surface area (Å²) in [5, 5.41) is 9.45. The summed E-state index contributed by atoms with van der Waals surface area (Å²) in [5.41, 5.74) is 8.49. The number of aryl methyl sites for hydroxylation is 3. The van der Waals surface area contributed by atoms with Crippen molar-refractivity contribution >= 4 is 27.4 Å². The maximum atomic E-state index is 13.0. The molecule has 0 aliphatic rings. The lowest BCUT2D eigenvalue weighted by Crippen LogP contribution is -2.07. The SMILES string of the molecule is Cc1ccc(S(=O)(=O)c2c(C)cc(Nc3n[nH]c(N)n3)cc2C)cc1. The molecule has 0 bridgehead atoms. The van der Waals surface area contributed by atoms with Gasteiger partial charge in [0.15, 0.2) is 0 Å². The number of nitrogens with two attached hydrogens (primary N) is 1. The summed E-state index contributed by atoms with van der Waals surface area (Å²) in [7, 11) is -3.59. The summed E-state index contributed by atoms with van der Waals surface area (Å²) < 4.78 is 26.0. The van der Waals surface area contributed by atoms with Crippen molar-refractivity contribution in [1.29, 1.82) is 0 Å². The van der Waals surface area contributed by atoms with Crippen LogP contribution in [0.25, 0.3) is 0 Å². The fraction of sp³-hybridized carbons (Fsp3) is 0.176. The molecule has 0 spiro atoms. The summed E-state index contributed by atoms with van der Waals surface area (Å²) in [4.78, 5) is 4.57. The molecule has 1 heterocycles. The number of hydrogen-bond acceptors (Lipinski definition) is 6. The molecule has 0 saturated heterocycles. The second-order valence-electron chi connectivity index (χ2n) is 5.92. The van der Waals surface area contributed by atoms with Gasteiger partial charge < -0.3 is 11.1 Å². The maximum absolute atomic E-state index is 13.0. The molecule has 0 fully saturated rings. The molecule has 3 rings (SSSR count). The van der Waals surface area contributed by atoms with E-state index in [0.717, 1.165) is 5.56 Å². The van der Waals surface area contributed by atoms with Crippen LogP contribution >= 0.6 is 0 Å². The van der Waals surface area contributed by atoms with Gasteiger partial charge >= 0.3 is 0 Å². The minimum Gasteiger partial charge on any atom is -0.368 e. The Hall–Kier alpha value is -2.87. The van der Waals surface area contributed by atoms with Gasteiger partial charge in [0.1, 0.15) is 0 Å². The molecule has 0 unspecified atom stereocenters. The Morgan fingerprint density at radius 1 is 1.04 bits per heavy atom. The Morgan fingerprint density at radius 3 is 2.16 bits per heavy atom. The molecular formula is C17H19N5O2S. The number of nitrogens with zero attached hydrogens (tertiary/aromatic N) is 2. The maximum Gasteiger partial charge on any atom is 0.248 e. The smallest absolute Gasteiger partial charge is 0.248 e. The molecule has 25 heavy (non-hydrogen) atoms. The number of nitrogens with one attached hydrogen (secondary N) is 2. The monoisotopic (exact) mass is 357 g/mol. The molecule has 7 nitrogen and oxygen atoms in total. The molecule has 2 aromatic carbocycles. The number of benzene rings is 2. The molecule has 0 aliphatic carbocycles. The minimum absolute atomic E-state index is 0.203. The average molecular weight is 357 g/mol. The molecule has 0 radical (unpaired) electrons. The van der Waals surface area contributed by atoms with E-state index in [1.165, 1.54) is 0 Å². The van der Waals surface area contributed by atoms with Gasteiger partial charge in [0.25, 0.3) is 0 Å². The van der Waals surface area contributed by atoms with E-state index < -0.39 is 9.84 Å². The number of anilines is 3. The van der Waals surface area contributed by atoms with Crippen molar-refractivity contribution in [2.75, 3.05) is 11.1 Å². The third-order valence-corrected chi connectivity index (χ3v) is 5.89. The number of nitrogen functional groups attached to an aromatic ring is 1. The van der Waals surface area contributed by atoms with Crippen LogP contribution in [-0.2, 0) is 9.84 Å². The molecule has 0 saturated carbocycles. The fourth-order valence-electron chi connectivity index (χ4n) is 2.74. The third kappa shape index (κ3) is 3.34. The first-order chi connectivity index (χ1) is 11.8. The van der Waals surface area contributed by atoms with Crippen LogP contribution in [-0.4, -0.2) is 23.6 Å². The zero-order chi connectivity index (χ0) is 18.2. The summed E-state index contributed by atoms with van der Waals surface area (Å²) in [6, 6.07) is 10.3. The molecular weight excluding hydrogens is 338 g/mol. The average Bonchev–Trinajstić information content (AvgIpc) is 2.91. The van der Waals surface area contributed by atoms with Gasteiger partial charge in [-0.2, -0.15) is 4.98 Å². The number of aromatic nitrogens is 3. The molecule has 0 atom stereocenters. The van der Waals surface area contributed by atoms with Crippen molar-refractivity contribution in [3.63, 3.8) is 0 Å². The van der Waals surface area contributed by atoms with E-state index >= 15 is 0 Å². The van der Waals surface area contributed by atoms with Gasteiger partial charge in [-0.05, 0) is 56.2 Å². The second-order valence-corrected chi connectivity index (χ2v) is 7.81. The van der Waals surface area contributed by atoms with Crippen LogP contribution in [0.5, 0.6) is 0 Å². The van der Waals surface area contributed by atoms with Crippen LogP contribution in [0.4, 0.5) is 17.6 Å². The van der Waals surface area contributed by atoms with E-state index in [1.54, 1.807) is 50.2 Å². The highest BCUT2D eigenvalue weighted by Crippen LogP contribution is 2.30. The van der Waals surface area contributed by atoms with Gasteiger partial charge in [0.2, 0.25) is 21.7 Å². The van der Waals surface area contributed by atoms with Gasteiger partial charge in [0.05, 0.1) is 9.79 Å². The van der Waals surface area contributed by atoms with E-state index in [4.69, 9.17) is 5.73 Å². The predicted octanol–water partition coefficient (Wildman–Crippen LogP) is 2.89. The highest BCUT2D eigenvalue weighted by atomic mass is 32.2. The largest absolute Gasteiger partial charge is 0.368 e. The minimum atomic E-state index is -3.59. The Bertz CT molecular complexity index is 1000. The van der Waals surface area contributed by atoms with E-state index in [9.17, 15) is 8.42 Å². The van der Waals surface area contributed by atoms with Crippen molar-refractivity contribution in [3.05, 3.63) is 53.1 Å². The van der Waals surface area contributed by atoms with Gasteiger partial charge in [0, 0.05) is 5.69 Å². The number of sulfone groups is 1. The van der Waals surface area contributed by atoms with Crippen LogP contribution in [0.1, 0.15) is 16.7 Å². The van der Waals surface area contributed by atoms with Crippen molar-refractivity contribution in [1.82, 2.24) is 15.2 Å². The van der Waals surface area contributed by atoms with E-state index in [-0.39, 0.29) is 10.8 Å².